The number of methoxy groups -OCH3 is 2. The van der Waals surface area contributed by atoms with Crippen LogP contribution in [0.4, 0.5) is 0 Å². The highest BCUT2D eigenvalue weighted by Crippen LogP contribution is 2.30. The van der Waals surface area contributed by atoms with Crippen molar-refractivity contribution in [2.75, 3.05) is 14.2 Å². The van der Waals surface area contributed by atoms with E-state index < -0.39 is 12.0 Å². The maximum atomic E-state index is 10.8. The minimum absolute atomic E-state index is 0.232. The van der Waals surface area contributed by atoms with Crippen LogP contribution < -0.4 is 15.2 Å². The van der Waals surface area contributed by atoms with Crippen LogP contribution in [0.2, 0.25) is 0 Å². The molecule has 1 aromatic carbocycles. The fraction of sp³-hybridized carbons (Fsp3) is 0.462. The third-order valence-electron chi connectivity index (χ3n) is 2.82. The number of aliphatic carboxylic acids is 1. The van der Waals surface area contributed by atoms with Gasteiger partial charge in [0.15, 0.2) is 0 Å². The number of carboxylic acids is 1. The van der Waals surface area contributed by atoms with Crippen LogP contribution in [0, 0.1) is 0 Å². The number of hydrogen-bond donors (Lipinski definition) is 2. The van der Waals surface area contributed by atoms with Gasteiger partial charge in [0.1, 0.15) is 17.5 Å². The molecule has 0 spiro atoms. The van der Waals surface area contributed by atoms with Crippen molar-refractivity contribution in [1.29, 1.82) is 0 Å². The zero-order chi connectivity index (χ0) is 13.7. The summed E-state index contributed by atoms with van der Waals surface area (Å²) in [5, 5.41) is 8.84. The Labute approximate surface area is 107 Å². The smallest absolute Gasteiger partial charge is 0.320 e. The number of carbonyl (C=O) groups is 1. The van der Waals surface area contributed by atoms with Crippen LogP contribution in [0.1, 0.15) is 18.1 Å². The molecule has 5 nitrogen and oxygen atoms in total. The molecule has 0 saturated heterocycles. The van der Waals surface area contributed by atoms with Gasteiger partial charge in [-0.15, -0.1) is 0 Å². The average molecular weight is 253 g/mol. The zero-order valence-electron chi connectivity index (χ0n) is 10.9. The molecule has 0 heterocycles. The molecule has 0 saturated carbocycles. The standard InChI is InChI=1S/C13H19NO4/c1-4-8-5-9(6-10(14)13(15)16)12(18-3)7-11(8)17-2/h5,7,10H,4,6,14H2,1-3H3,(H,15,16). The van der Waals surface area contributed by atoms with Gasteiger partial charge in [0.25, 0.3) is 0 Å². The van der Waals surface area contributed by atoms with Crippen LogP contribution >= 0.6 is 0 Å². The molecular weight excluding hydrogens is 234 g/mol. The quantitative estimate of drug-likeness (QED) is 0.796. The first-order chi connectivity index (χ1) is 8.53. The first-order valence-corrected chi connectivity index (χ1v) is 5.75. The van der Waals surface area contributed by atoms with Gasteiger partial charge in [-0.3, -0.25) is 4.79 Å². The molecule has 0 amide bonds. The Morgan fingerprint density at radius 3 is 2.28 bits per heavy atom. The van der Waals surface area contributed by atoms with Gasteiger partial charge in [0.05, 0.1) is 14.2 Å². The summed E-state index contributed by atoms with van der Waals surface area (Å²) in [5.74, 6) is 0.314. The van der Waals surface area contributed by atoms with Crippen LogP contribution in [0.3, 0.4) is 0 Å². The highest BCUT2D eigenvalue weighted by atomic mass is 16.5. The Kier molecular flexibility index (Phi) is 4.97. The lowest BCUT2D eigenvalue weighted by atomic mass is 10.0. The Balaban J connectivity index is 3.13. The SMILES string of the molecule is CCc1cc(CC(N)C(=O)O)c(OC)cc1OC. The first-order valence-electron chi connectivity index (χ1n) is 5.75. The third kappa shape index (κ3) is 3.13. The van der Waals surface area contributed by atoms with E-state index in [0.29, 0.717) is 5.75 Å². The van der Waals surface area contributed by atoms with Crippen molar-refractivity contribution in [2.45, 2.75) is 25.8 Å². The molecule has 0 aliphatic heterocycles. The topological polar surface area (TPSA) is 81.8 Å². The second kappa shape index (κ2) is 6.26. The molecule has 18 heavy (non-hydrogen) atoms. The molecular formula is C13H19NO4. The van der Waals surface area contributed by atoms with Gasteiger partial charge in [-0.1, -0.05) is 6.92 Å². The fourth-order valence-corrected chi connectivity index (χ4v) is 1.80. The summed E-state index contributed by atoms with van der Waals surface area (Å²) in [5.41, 5.74) is 7.34. The number of nitrogens with two attached hydrogens (primary N) is 1. The lowest BCUT2D eigenvalue weighted by Gasteiger charge is -2.15. The lowest BCUT2D eigenvalue weighted by molar-refractivity contribution is -0.138. The maximum absolute atomic E-state index is 10.8. The van der Waals surface area contributed by atoms with Gasteiger partial charge in [0, 0.05) is 12.5 Å². The molecule has 0 bridgehead atoms. The number of hydrogen-bond acceptors (Lipinski definition) is 4. The monoisotopic (exact) mass is 253 g/mol. The number of benzene rings is 1. The van der Waals surface area contributed by atoms with Gasteiger partial charge < -0.3 is 20.3 Å². The maximum Gasteiger partial charge on any atom is 0.320 e. The summed E-state index contributed by atoms with van der Waals surface area (Å²) in [6.45, 7) is 2.01. The predicted molar refractivity (Wildman–Crippen MR) is 68.2 cm³/mol. The second-order valence-electron chi connectivity index (χ2n) is 3.98. The largest absolute Gasteiger partial charge is 0.496 e. The minimum Gasteiger partial charge on any atom is -0.496 e. The Bertz CT molecular complexity index is 431. The number of ether oxygens (including phenoxy) is 2. The van der Waals surface area contributed by atoms with Crippen molar-refractivity contribution in [2.24, 2.45) is 5.73 Å². The van der Waals surface area contributed by atoms with Crippen LogP contribution in [0.5, 0.6) is 11.5 Å². The lowest BCUT2D eigenvalue weighted by Crippen LogP contribution is -2.32. The van der Waals surface area contributed by atoms with E-state index in [1.165, 1.54) is 7.11 Å². The molecule has 0 radical (unpaired) electrons. The van der Waals surface area contributed by atoms with Gasteiger partial charge in [-0.05, 0) is 23.6 Å². The molecule has 100 valence electrons. The van der Waals surface area contributed by atoms with Crippen molar-refractivity contribution in [3.8, 4) is 11.5 Å². The Morgan fingerprint density at radius 2 is 1.83 bits per heavy atom. The van der Waals surface area contributed by atoms with E-state index in [-0.39, 0.29) is 6.42 Å². The highest BCUT2D eigenvalue weighted by molar-refractivity contribution is 5.73. The average Bonchev–Trinajstić information content (AvgIpc) is 2.37. The van der Waals surface area contributed by atoms with E-state index >= 15 is 0 Å². The molecule has 1 rings (SSSR count). The summed E-state index contributed by atoms with van der Waals surface area (Å²) < 4.78 is 10.5. The first kappa shape index (κ1) is 14.3. The van der Waals surface area contributed by atoms with Crippen LogP contribution in [-0.2, 0) is 17.6 Å². The van der Waals surface area contributed by atoms with Crippen molar-refractivity contribution in [3.63, 3.8) is 0 Å². The molecule has 0 aliphatic rings. The van der Waals surface area contributed by atoms with Crippen LogP contribution in [0.15, 0.2) is 12.1 Å². The molecule has 5 heteroatoms. The van der Waals surface area contributed by atoms with Gasteiger partial charge in [0.2, 0.25) is 0 Å². The van der Waals surface area contributed by atoms with Crippen molar-refractivity contribution < 1.29 is 19.4 Å². The summed E-state index contributed by atoms with van der Waals surface area (Å²) in [4.78, 5) is 10.8. The van der Waals surface area contributed by atoms with Crippen LogP contribution in [-0.4, -0.2) is 31.3 Å². The fourth-order valence-electron chi connectivity index (χ4n) is 1.80. The third-order valence-corrected chi connectivity index (χ3v) is 2.82. The number of rotatable bonds is 6. The molecule has 1 unspecified atom stereocenters. The summed E-state index contributed by atoms with van der Waals surface area (Å²) in [7, 11) is 3.13. The van der Waals surface area contributed by atoms with E-state index in [2.05, 4.69) is 0 Å². The van der Waals surface area contributed by atoms with E-state index in [1.54, 1.807) is 13.2 Å². The number of aryl methyl sites for hydroxylation is 1. The minimum atomic E-state index is -1.02. The molecule has 0 aromatic heterocycles. The molecule has 0 fully saturated rings. The Morgan fingerprint density at radius 1 is 1.28 bits per heavy atom. The van der Waals surface area contributed by atoms with Crippen LogP contribution in [0.25, 0.3) is 0 Å². The summed E-state index contributed by atoms with van der Waals surface area (Å²) in [6, 6.07) is 2.72. The van der Waals surface area contributed by atoms with Gasteiger partial charge in [-0.2, -0.15) is 0 Å². The van der Waals surface area contributed by atoms with E-state index in [0.717, 1.165) is 23.3 Å². The summed E-state index contributed by atoms with van der Waals surface area (Å²) in [6.07, 6.45) is 1.03. The summed E-state index contributed by atoms with van der Waals surface area (Å²) >= 11 is 0. The van der Waals surface area contributed by atoms with Gasteiger partial charge in [-0.25, -0.2) is 0 Å². The van der Waals surface area contributed by atoms with E-state index in [9.17, 15) is 4.79 Å². The number of carboxylic acid groups (broad SMARTS) is 1. The van der Waals surface area contributed by atoms with E-state index in [4.69, 9.17) is 20.3 Å². The molecule has 3 N–H and O–H groups in total. The van der Waals surface area contributed by atoms with Crippen molar-refractivity contribution in [1.82, 2.24) is 0 Å². The molecule has 1 aromatic rings. The Hall–Kier alpha value is -1.75. The highest BCUT2D eigenvalue weighted by Gasteiger charge is 2.17. The molecule has 1 atom stereocenters. The predicted octanol–water partition coefficient (Wildman–Crippen LogP) is 1.22. The van der Waals surface area contributed by atoms with Crippen molar-refractivity contribution in [3.05, 3.63) is 23.3 Å². The zero-order valence-corrected chi connectivity index (χ0v) is 10.9. The van der Waals surface area contributed by atoms with Gasteiger partial charge >= 0.3 is 5.97 Å². The normalized spacial score (nSPS) is 12.0. The molecule has 0 aliphatic carbocycles. The van der Waals surface area contributed by atoms with Crippen molar-refractivity contribution >= 4 is 5.97 Å². The second-order valence-corrected chi connectivity index (χ2v) is 3.98. The van der Waals surface area contributed by atoms with E-state index in [1.807, 2.05) is 13.0 Å².